The van der Waals surface area contributed by atoms with Gasteiger partial charge in [-0.2, -0.15) is 13.2 Å². The van der Waals surface area contributed by atoms with Crippen molar-refractivity contribution in [1.29, 1.82) is 0 Å². The number of alkyl halides is 3. The first-order valence-electron chi connectivity index (χ1n) is 10.1. The number of aliphatic hydroxyl groups is 1. The first kappa shape index (κ1) is 24.9. The van der Waals surface area contributed by atoms with Crippen LogP contribution in [0.1, 0.15) is 30.3 Å². The number of ether oxygens (including phenoxy) is 2. The number of hydrogen-bond donors (Lipinski definition) is 2. The SMILES string of the molecule is CC(N)(CO)c1nnc(-c2ccc(OCCCCOc3ccccc3F)c(C(F)(F)F)c2)s1. The molecule has 0 amide bonds. The van der Waals surface area contributed by atoms with Crippen LogP contribution < -0.4 is 15.2 Å². The maximum atomic E-state index is 13.6. The smallest absolute Gasteiger partial charge is 0.419 e. The molecule has 0 aliphatic rings. The third kappa shape index (κ3) is 6.40. The summed E-state index contributed by atoms with van der Waals surface area (Å²) in [6.07, 6.45) is -3.74. The van der Waals surface area contributed by atoms with E-state index in [9.17, 15) is 22.7 Å². The van der Waals surface area contributed by atoms with Crippen molar-refractivity contribution in [3.63, 3.8) is 0 Å². The summed E-state index contributed by atoms with van der Waals surface area (Å²) in [5, 5.41) is 17.7. The Morgan fingerprint density at radius 2 is 1.67 bits per heavy atom. The highest BCUT2D eigenvalue weighted by Gasteiger charge is 2.35. The molecule has 3 aromatic rings. The molecule has 0 fully saturated rings. The summed E-state index contributed by atoms with van der Waals surface area (Å²) in [6, 6.07) is 9.63. The number of nitrogens with two attached hydrogens (primary N) is 1. The molecule has 3 N–H and O–H groups in total. The standard InChI is InChI=1S/C22H23F4N3O3S/c1-21(27,13-30)20-29-28-19(33-20)14-8-9-17(15(12-14)22(24,25)26)31-10-4-5-11-32-18-7-3-2-6-16(18)23/h2-3,6-9,12,30H,4-5,10-11,13,27H2,1H3. The van der Waals surface area contributed by atoms with E-state index in [4.69, 9.17) is 15.2 Å². The Morgan fingerprint density at radius 3 is 2.30 bits per heavy atom. The average molecular weight is 486 g/mol. The van der Waals surface area contributed by atoms with Crippen molar-refractivity contribution >= 4 is 11.3 Å². The number of para-hydroxylation sites is 1. The lowest BCUT2D eigenvalue weighted by atomic mass is 10.1. The molecule has 0 saturated heterocycles. The summed E-state index contributed by atoms with van der Waals surface area (Å²) in [5.41, 5.74) is 4.06. The van der Waals surface area contributed by atoms with E-state index in [2.05, 4.69) is 10.2 Å². The minimum absolute atomic E-state index is 0.0358. The summed E-state index contributed by atoms with van der Waals surface area (Å²) < 4.78 is 65.1. The molecule has 0 spiro atoms. The van der Waals surface area contributed by atoms with Crippen LogP contribution in [0.15, 0.2) is 42.5 Å². The zero-order valence-corrected chi connectivity index (χ0v) is 18.5. The molecule has 11 heteroatoms. The van der Waals surface area contributed by atoms with Crippen molar-refractivity contribution in [3.8, 4) is 22.1 Å². The van der Waals surface area contributed by atoms with Gasteiger partial charge in [-0.05, 0) is 50.1 Å². The molecule has 0 bridgehead atoms. The summed E-state index contributed by atoms with van der Waals surface area (Å²) in [4.78, 5) is 0. The van der Waals surface area contributed by atoms with Crippen LogP contribution in [0.5, 0.6) is 11.5 Å². The lowest BCUT2D eigenvalue weighted by Crippen LogP contribution is -2.36. The number of nitrogens with zero attached hydrogens (tertiary/aromatic N) is 2. The van der Waals surface area contributed by atoms with Gasteiger partial charge in [-0.25, -0.2) is 4.39 Å². The third-order valence-electron chi connectivity index (χ3n) is 4.66. The maximum absolute atomic E-state index is 13.6. The second kappa shape index (κ2) is 10.4. The highest BCUT2D eigenvalue weighted by atomic mass is 32.1. The van der Waals surface area contributed by atoms with Gasteiger partial charge in [0.1, 0.15) is 15.8 Å². The van der Waals surface area contributed by atoms with E-state index in [0.717, 1.165) is 17.4 Å². The fraction of sp³-hybridized carbons (Fsp3) is 0.364. The lowest BCUT2D eigenvalue weighted by Gasteiger charge is -2.17. The average Bonchev–Trinajstić information content (AvgIpc) is 3.28. The van der Waals surface area contributed by atoms with Gasteiger partial charge < -0.3 is 20.3 Å². The van der Waals surface area contributed by atoms with Crippen molar-refractivity contribution in [3.05, 3.63) is 58.9 Å². The Bertz CT molecular complexity index is 1070. The van der Waals surface area contributed by atoms with E-state index >= 15 is 0 Å². The van der Waals surface area contributed by atoms with E-state index < -0.39 is 23.1 Å². The fourth-order valence-corrected chi connectivity index (χ4v) is 3.67. The van der Waals surface area contributed by atoms with E-state index in [1.165, 1.54) is 24.3 Å². The number of halogens is 4. The largest absolute Gasteiger partial charge is 0.493 e. The van der Waals surface area contributed by atoms with Crippen LogP contribution in [0.2, 0.25) is 0 Å². The van der Waals surface area contributed by atoms with Crippen LogP contribution in [-0.2, 0) is 11.7 Å². The van der Waals surface area contributed by atoms with Crippen LogP contribution in [0, 0.1) is 5.82 Å². The number of hydrogen-bond acceptors (Lipinski definition) is 7. The predicted octanol–water partition coefficient (Wildman–Crippen LogP) is 4.77. The molecule has 0 radical (unpaired) electrons. The Labute approximate surface area is 192 Å². The molecule has 1 heterocycles. The number of aliphatic hydroxyl groups excluding tert-OH is 1. The quantitative estimate of drug-likeness (QED) is 0.318. The molecule has 0 aliphatic heterocycles. The van der Waals surface area contributed by atoms with Crippen LogP contribution in [0.25, 0.3) is 10.6 Å². The normalized spacial score (nSPS) is 13.5. The van der Waals surface area contributed by atoms with Crippen molar-refractivity contribution in [2.75, 3.05) is 19.8 Å². The van der Waals surface area contributed by atoms with E-state index in [1.54, 1.807) is 19.1 Å². The zero-order valence-electron chi connectivity index (χ0n) is 17.7. The molecule has 1 aromatic heterocycles. The second-order valence-electron chi connectivity index (χ2n) is 7.53. The number of benzene rings is 2. The summed E-state index contributed by atoms with van der Waals surface area (Å²) in [5.74, 6) is -0.647. The molecule has 178 valence electrons. The maximum Gasteiger partial charge on any atom is 0.419 e. The van der Waals surface area contributed by atoms with Crippen molar-refractivity contribution in [1.82, 2.24) is 10.2 Å². The van der Waals surface area contributed by atoms with Crippen LogP contribution in [0.4, 0.5) is 17.6 Å². The van der Waals surface area contributed by atoms with Gasteiger partial charge in [0, 0.05) is 5.56 Å². The van der Waals surface area contributed by atoms with Gasteiger partial charge in [-0.15, -0.1) is 10.2 Å². The van der Waals surface area contributed by atoms with Crippen molar-refractivity contribution < 1.29 is 32.1 Å². The van der Waals surface area contributed by atoms with Crippen molar-refractivity contribution in [2.45, 2.75) is 31.5 Å². The molecular weight excluding hydrogens is 462 g/mol. The van der Waals surface area contributed by atoms with Crippen molar-refractivity contribution in [2.24, 2.45) is 5.73 Å². The van der Waals surface area contributed by atoms with Gasteiger partial charge in [0.15, 0.2) is 11.6 Å². The lowest BCUT2D eigenvalue weighted by molar-refractivity contribution is -0.138. The minimum atomic E-state index is -4.64. The number of unbranched alkanes of at least 4 members (excludes halogenated alkanes) is 1. The highest BCUT2D eigenvalue weighted by Crippen LogP contribution is 2.39. The molecule has 0 saturated carbocycles. The third-order valence-corrected chi connectivity index (χ3v) is 5.92. The van der Waals surface area contributed by atoms with Crippen LogP contribution in [-0.4, -0.2) is 35.1 Å². The zero-order chi connectivity index (χ0) is 24.1. The van der Waals surface area contributed by atoms with Gasteiger partial charge in [0.05, 0.1) is 30.9 Å². The Kier molecular flexibility index (Phi) is 7.88. The van der Waals surface area contributed by atoms with Crippen LogP contribution in [0.3, 0.4) is 0 Å². The summed E-state index contributed by atoms with van der Waals surface area (Å²) >= 11 is 1.01. The van der Waals surface area contributed by atoms with Gasteiger partial charge in [0.25, 0.3) is 0 Å². The van der Waals surface area contributed by atoms with Gasteiger partial charge in [-0.1, -0.05) is 23.5 Å². The Hall–Kier alpha value is -2.76. The van der Waals surface area contributed by atoms with Gasteiger partial charge >= 0.3 is 6.18 Å². The Morgan fingerprint density at radius 1 is 1.00 bits per heavy atom. The van der Waals surface area contributed by atoms with E-state index in [1.807, 2.05) is 0 Å². The van der Waals surface area contributed by atoms with E-state index in [0.29, 0.717) is 17.8 Å². The molecule has 33 heavy (non-hydrogen) atoms. The number of rotatable bonds is 10. The molecule has 1 atom stereocenters. The molecule has 2 aromatic carbocycles. The van der Waals surface area contributed by atoms with E-state index in [-0.39, 0.29) is 41.9 Å². The molecular formula is C22H23F4N3O3S. The topological polar surface area (TPSA) is 90.5 Å². The van der Waals surface area contributed by atoms with Gasteiger partial charge in [-0.3, -0.25) is 0 Å². The summed E-state index contributed by atoms with van der Waals surface area (Å²) in [6.45, 7) is 1.42. The monoisotopic (exact) mass is 485 g/mol. The first-order chi connectivity index (χ1) is 15.6. The number of aromatic nitrogens is 2. The summed E-state index contributed by atoms with van der Waals surface area (Å²) in [7, 11) is 0. The molecule has 3 rings (SSSR count). The van der Waals surface area contributed by atoms with Gasteiger partial charge in [0.2, 0.25) is 0 Å². The molecule has 0 aliphatic carbocycles. The molecule has 1 unspecified atom stereocenters. The van der Waals surface area contributed by atoms with Crippen LogP contribution >= 0.6 is 11.3 Å². The fourth-order valence-electron chi connectivity index (χ4n) is 2.78. The second-order valence-corrected chi connectivity index (χ2v) is 8.51. The Balaban J connectivity index is 1.62. The molecule has 6 nitrogen and oxygen atoms in total. The highest BCUT2D eigenvalue weighted by molar-refractivity contribution is 7.14. The predicted molar refractivity (Wildman–Crippen MR) is 116 cm³/mol. The first-order valence-corrected chi connectivity index (χ1v) is 10.9. The minimum Gasteiger partial charge on any atom is -0.493 e.